The lowest BCUT2D eigenvalue weighted by molar-refractivity contribution is -0.127. The molecule has 5 nitrogen and oxygen atoms in total. The predicted octanol–water partition coefficient (Wildman–Crippen LogP) is 5.17. The van der Waals surface area contributed by atoms with Gasteiger partial charge in [-0.3, -0.25) is 4.79 Å². The van der Waals surface area contributed by atoms with Crippen LogP contribution in [0.4, 0.5) is 0 Å². The maximum Gasteiger partial charge on any atom is 0.220 e. The van der Waals surface area contributed by atoms with Crippen LogP contribution in [0.15, 0.2) is 37.6 Å². The number of amides is 1. The van der Waals surface area contributed by atoms with E-state index in [9.17, 15) is 20.1 Å². The Morgan fingerprint density at radius 2 is 2.17 bits per heavy atom. The first kappa shape index (κ1) is 24.6. The first-order chi connectivity index (χ1) is 13.6. The Morgan fingerprint density at radius 1 is 1.48 bits per heavy atom. The van der Waals surface area contributed by atoms with Gasteiger partial charge in [-0.1, -0.05) is 19.1 Å². The zero-order valence-electron chi connectivity index (χ0n) is 16.6. The number of aliphatic hydroxyl groups excluding tert-OH is 2. The minimum absolute atomic E-state index is 0.0155. The van der Waals surface area contributed by atoms with Crippen LogP contribution in [0.3, 0.4) is 0 Å². The number of aliphatic hydroxyl groups is 3. The van der Waals surface area contributed by atoms with Gasteiger partial charge in [0, 0.05) is 24.2 Å². The zero-order valence-corrected chi connectivity index (χ0v) is 20.6. The first-order valence-electron chi connectivity index (χ1n) is 9.80. The summed E-state index contributed by atoms with van der Waals surface area (Å²) >= 11 is 8.57. The standard InChI is InChI=1S/C21H29Br2NO4S/c1-3-5-6-7-14(20(24)27)16-9-13(25)11-21(16,28)17(26)8-12(4-2)15-10-18(22)29-19(15)23/h3,5,8,10,12-14,16,25-26,28H,4,6-7,9,11H2,1-2H3,(H2,24,27)/b5-3?,17-8+/t12-,13+,14?,16?,21+/m1/s1. The van der Waals surface area contributed by atoms with Gasteiger partial charge in [-0.15, -0.1) is 11.3 Å². The van der Waals surface area contributed by atoms with Crippen molar-refractivity contribution < 1.29 is 20.1 Å². The average Bonchev–Trinajstić information content (AvgIpc) is 3.14. The van der Waals surface area contributed by atoms with Crippen molar-refractivity contribution >= 4 is 49.1 Å². The van der Waals surface area contributed by atoms with E-state index in [2.05, 4.69) is 31.9 Å². The molecule has 0 radical (unpaired) electrons. The number of carbonyl (C=O) groups is 1. The largest absolute Gasteiger partial charge is 0.510 e. The second-order valence-corrected chi connectivity index (χ2v) is 11.4. The van der Waals surface area contributed by atoms with E-state index in [-0.39, 0.29) is 24.5 Å². The molecule has 5 N–H and O–H groups in total. The van der Waals surface area contributed by atoms with E-state index < -0.39 is 29.4 Å². The SMILES string of the molecule is CC=CCCC(C(N)=O)C1C[C@H](O)C[C@@]1(O)/C(O)=C\[C@@H](CC)c1cc(Br)sc1Br. The van der Waals surface area contributed by atoms with Crippen LogP contribution in [0.5, 0.6) is 0 Å². The highest BCUT2D eigenvalue weighted by molar-refractivity contribution is 9.12. The molecular formula is C21H29Br2NO4S. The number of allylic oxidation sites excluding steroid dienone is 3. The van der Waals surface area contributed by atoms with Crippen molar-refractivity contribution in [2.24, 2.45) is 17.6 Å². The topological polar surface area (TPSA) is 104 Å². The summed E-state index contributed by atoms with van der Waals surface area (Å²) in [4.78, 5) is 12.1. The summed E-state index contributed by atoms with van der Waals surface area (Å²) in [6.45, 7) is 3.90. The summed E-state index contributed by atoms with van der Waals surface area (Å²) in [7, 11) is 0. The highest BCUT2D eigenvalue weighted by Crippen LogP contribution is 2.47. The fraction of sp³-hybridized carbons (Fsp3) is 0.571. The number of nitrogens with two attached hydrogens (primary N) is 1. The predicted molar refractivity (Wildman–Crippen MR) is 124 cm³/mol. The van der Waals surface area contributed by atoms with Crippen LogP contribution in [0, 0.1) is 11.8 Å². The summed E-state index contributed by atoms with van der Waals surface area (Å²) in [6.07, 6.45) is 6.72. The molecule has 1 aliphatic carbocycles. The van der Waals surface area contributed by atoms with E-state index in [0.717, 1.165) is 19.6 Å². The Balaban J connectivity index is 2.37. The lowest BCUT2D eigenvalue weighted by atomic mass is 9.76. The van der Waals surface area contributed by atoms with Crippen molar-refractivity contribution in [3.63, 3.8) is 0 Å². The minimum atomic E-state index is -1.68. The van der Waals surface area contributed by atoms with Crippen molar-refractivity contribution in [2.45, 2.75) is 63.6 Å². The molecule has 1 saturated carbocycles. The molecule has 0 aliphatic heterocycles. The molecule has 29 heavy (non-hydrogen) atoms. The molecule has 162 valence electrons. The van der Waals surface area contributed by atoms with Gasteiger partial charge in [-0.25, -0.2) is 0 Å². The van der Waals surface area contributed by atoms with Crippen molar-refractivity contribution in [3.05, 3.63) is 43.2 Å². The molecule has 1 heterocycles. The number of rotatable bonds is 9. The van der Waals surface area contributed by atoms with Gasteiger partial charge >= 0.3 is 0 Å². The smallest absolute Gasteiger partial charge is 0.220 e. The van der Waals surface area contributed by atoms with E-state index in [1.54, 1.807) is 17.4 Å². The lowest BCUT2D eigenvalue weighted by Crippen LogP contribution is -2.44. The molecule has 0 bridgehead atoms. The summed E-state index contributed by atoms with van der Waals surface area (Å²) < 4.78 is 1.92. The number of thiophene rings is 1. The third-order valence-electron chi connectivity index (χ3n) is 5.74. The first-order valence-corrected chi connectivity index (χ1v) is 12.2. The number of halogens is 2. The molecule has 5 atom stereocenters. The van der Waals surface area contributed by atoms with E-state index in [0.29, 0.717) is 12.8 Å². The van der Waals surface area contributed by atoms with Gasteiger partial charge < -0.3 is 21.1 Å². The van der Waals surface area contributed by atoms with Gasteiger partial charge in [0.1, 0.15) is 11.4 Å². The van der Waals surface area contributed by atoms with Gasteiger partial charge in [0.15, 0.2) is 0 Å². The van der Waals surface area contributed by atoms with Gasteiger partial charge in [-0.05, 0) is 82.2 Å². The van der Waals surface area contributed by atoms with Crippen LogP contribution in [0.1, 0.15) is 57.4 Å². The molecule has 2 rings (SSSR count). The molecule has 1 aliphatic rings. The molecular weight excluding hydrogens is 522 g/mol. The van der Waals surface area contributed by atoms with Gasteiger partial charge in [-0.2, -0.15) is 0 Å². The van der Waals surface area contributed by atoms with Crippen molar-refractivity contribution in [3.8, 4) is 0 Å². The molecule has 0 saturated heterocycles. The van der Waals surface area contributed by atoms with Crippen LogP contribution in [0.2, 0.25) is 0 Å². The van der Waals surface area contributed by atoms with Crippen LogP contribution in [-0.2, 0) is 4.79 Å². The summed E-state index contributed by atoms with van der Waals surface area (Å²) in [5, 5.41) is 32.6. The molecule has 1 fully saturated rings. The average molecular weight is 551 g/mol. The molecule has 2 unspecified atom stereocenters. The minimum Gasteiger partial charge on any atom is -0.510 e. The number of hydrogen-bond donors (Lipinski definition) is 4. The second-order valence-electron chi connectivity index (χ2n) is 7.63. The highest BCUT2D eigenvalue weighted by atomic mass is 79.9. The van der Waals surface area contributed by atoms with Crippen LogP contribution in [-0.4, -0.2) is 32.9 Å². The Bertz CT molecular complexity index is 779. The van der Waals surface area contributed by atoms with Crippen LogP contribution >= 0.6 is 43.2 Å². The summed E-state index contributed by atoms with van der Waals surface area (Å²) in [6, 6.07) is 1.99. The summed E-state index contributed by atoms with van der Waals surface area (Å²) in [5.41, 5.74) is 4.97. The Kier molecular flexibility index (Phi) is 8.97. The third kappa shape index (κ3) is 5.73. The van der Waals surface area contributed by atoms with E-state index in [4.69, 9.17) is 5.73 Å². The molecule has 0 aromatic carbocycles. The van der Waals surface area contributed by atoms with Gasteiger partial charge in [0.05, 0.1) is 13.7 Å². The highest BCUT2D eigenvalue weighted by Gasteiger charge is 2.53. The maximum absolute atomic E-state index is 12.1. The normalized spacial score (nSPS) is 27.4. The number of carbonyl (C=O) groups excluding carboxylic acids is 1. The summed E-state index contributed by atoms with van der Waals surface area (Å²) in [5.74, 6) is -2.10. The van der Waals surface area contributed by atoms with Gasteiger partial charge in [0.25, 0.3) is 0 Å². The molecule has 1 amide bonds. The Morgan fingerprint density at radius 3 is 2.69 bits per heavy atom. The lowest BCUT2D eigenvalue weighted by Gasteiger charge is -2.34. The molecule has 0 spiro atoms. The second kappa shape index (κ2) is 10.6. The van der Waals surface area contributed by atoms with Crippen molar-refractivity contribution in [1.29, 1.82) is 0 Å². The molecule has 1 aromatic heterocycles. The quantitative estimate of drug-likeness (QED) is 0.251. The van der Waals surface area contributed by atoms with Crippen molar-refractivity contribution in [2.75, 3.05) is 0 Å². The van der Waals surface area contributed by atoms with E-state index >= 15 is 0 Å². The fourth-order valence-corrected chi connectivity index (χ4v) is 7.23. The number of primary amides is 1. The third-order valence-corrected chi connectivity index (χ3v) is 8.13. The Hall–Kier alpha value is -0.670. The molecule has 8 heteroatoms. The van der Waals surface area contributed by atoms with Crippen molar-refractivity contribution in [1.82, 2.24) is 0 Å². The monoisotopic (exact) mass is 549 g/mol. The number of hydrogen-bond acceptors (Lipinski definition) is 5. The van der Waals surface area contributed by atoms with Crippen LogP contribution < -0.4 is 5.73 Å². The fourth-order valence-electron chi connectivity index (χ4n) is 4.23. The van der Waals surface area contributed by atoms with E-state index in [1.807, 2.05) is 32.1 Å². The zero-order chi connectivity index (χ0) is 21.8. The van der Waals surface area contributed by atoms with Crippen LogP contribution in [0.25, 0.3) is 0 Å². The Labute approximate surface area is 193 Å². The van der Waals surface area contributed by atoms with Gasteiger partial charge in [0.2, 0.25) is 5.91 Å². The molecule has 1 aromatic rings. The van der Waals surface area contributed by atoms with E-state index in [1.165, 1.54) is 0 Å². The maximum atomic E-state index is 12.1.